The van der Waals surface area contributed by atoms with E-state index in [1.165, 1.54) is 57.8 Å². The lowest BCUT2D eigenvalue weighted by atomic mass is 10.1. The Balaban J connectivity index is 1.19. The van der Waals surface area contributed by atoms with Gasteiger partial charge in [0, 0.05) is 11.1 Å². The first-order valence-electron chi connectivity index (χ1n) is 14.4. The Bertz CT molecular complexity index is 1260. The maximum atomic E-state index is 9.41. The Kier molecular flexibility index (Phi) is 11.2. The normalized spacial score (nSPS) is 11.3. The second kappa shape index (κ2) is 15.5. The summed E-state index contributed by atoms with van der Waals surface area (Å²) < 4.78 is 11.9. The molecule has 0 saturated heterocycles. The monoisotopic (exact) mass is 524 g/mol. The number of phenolic OH excluding ortho intramolecular Hbond substituents is 1. The first kappa shape index (κ1) is 28.2. The highest BCUT2D eigenvalue weighted by Crippen LogP contribution is 2.26. The van der Waals surface area contributed by atoms with Crippen molar-refractivity contribution in [2.75, 3.05) is 6.61 Å². The molecule has 5 nitrogen and oxygen atoms in total. The summed E-state index contributed by atoms with van der Waals surface area (Å²) in [5.41, 5.74) is 3.81. The van der Waals surface area contributed by atoms with Crippen LogP contribution in [0.5, 0.6) is 11.5 Å². The van der Waals surface area contributed by atoms with Crippen molar-refractivity contribution in [3.05, 3.63) is 83.9 Å². The molecule has 0 radical (unpaired) electrons. The molecule has 0 aliphatic rings. The van der Waals surface area contributed by atoms with Crippen LogP contribution in [0.4, 0.5) is 0 Å². The molecular formula is C34H40N2O3. The summed E-state index contributed by atoms with van der Waals surface area (Å²) in [7, 11) is 0. The molecule has 4 aromatic rings. The van der Waals surface area contributed by atoms with E-state index in [4.69, 9.17) is 9.15 Å². The minimum absolute atomic E-state index is 0.263. The van der Waals surface area contributed by atoms with E-state index < -0.39 is 0 Å². The van der Waals surface area contributed by atoms with Crippen molar-refractivity contribution in [1.29, 1.82) is 0 Å². The summed E-state index contributed by atoms with van der Waals surface area (Å²) in [6.45, 7) is 3.02. The zero-order chi connectivity index (χ0) is 27.1. The van der Waals surface area contributed by atoms with Gasteiger partial charge in [-0.05, 0) is 66.1 Å². The Labute approximate surface area is 232 Å². The average molecular weight is 525 g/mol. The quantitative estimate of drug-likeness (QED) is 0.117. The van der Waals surface area contributed by atoms with Crippen LogP contribution in [-0.2, 0) is 0 Å². The largest absolute Gasteiger partial charge is 0.508 e. The molecule has 39 heavy (non-hydrogen) atoms. The summed E-state index contributed by atoms with van der Waals surface area (Å²) in [5, 5.41) is 17.9. The summed E-state index contributed by atoms with van der Waals surface area (Å²) in [6, 6.07) is 22.9. The molecule has 4 rings (SSSR count). The third-order valence-electron chi connectivity index (χ3n) is 6.81. The lowest BCUT2D eigenvalue weighted by Crippen LogP contribution is -1.97. The molecule has 0 fully saturated rings. The molecule has 3 aromatic carbocycles. The van der Waals surface area contributed by atoms with Gasteiger partial charge >= 0.3 is 0 Å². The number of benzene rings is 3. The fraction of sp³-hybridized carbons (Fsp3) is 0.353. The van der Waals surface area contributed by atoms with E-state index in [0.717, 1.165) is 41.0 Å². The van der Waals surface area contributed by atoms with Crippen LogP contribution in [0.3, 0.4) is 0 Å². The number of aromatic hydroxyl groups is 1. The van der Waals surface area contributed by atoms with Crippen molar-refractivity contribution in [1.82, 2.24) is 10.2 Å². The highest BCUT2D eigenvalue weighted by molar-refractivity contribution is 5.71. The van der Waals surface area contributed by atoms with Gasteiger partial charge in [-0.25, -0.2) is 0 Å². The predicted octanol–water partition coefficient (Wildman–Crippen LogP) is 9.58. The number of phenols is 1. The van der Waals surface area contributed by atoms with Crippen LogP contribution in [0.25, 0.3) is 35.1 Å². The van der Waals surface area contributed by atoms with E-state index in [0.29, 0.717) is 11.8 Å². The topological polar surface area (TPSA) is 68.4 Å². The molecule has 0 bridgehead atoms. The molecule has 0 unspecified atom stereocenters. The fourth-order valence-electron chi connectivity index (χ4n) is 4.44. The third kappa shape index (κ3) is 9.43. The van der Waals surface area contributed by atoms with E-state index in [2.05, 4.69) is 17.1 Å². The number of aromatic nitrogens is 2. The first-order valence-corrected chi connectivity index (χ1v) is 14.4. The van der Waals surface area contributed by atoms with Gasteiger partial charge in [-0.3, -0.25) is 0 Å². The van der Waals surface area contributed by atoms with Crippen molar-refractivity contribution in [2.24, 2.45) is 0 Å². The van der Waals surface area contributed by atoms with Gasteiger partial charge in [-0.15, -0.1) is 10.2 Å². The average Bonchev–Trinajstić information content (AvgIpc) is 3.47. The summed E-state index contributed by atoms with van der Waals surface area (Å²) in [5.74, 6) is 2.10. The smallest absolute Gasteiger partial charge is 0.248 e. The number of hydrogen-bond donors (Lipinski definition) is 1. The van der Waals surface area contributed by atoms with Crippen molar-refractivity contribution in [2.45, 2.75) is 71.1 Å². The zero-order valence-corrected chi connectivity index (χ0v) is 23.0. The number of unbranched alkanes of at least 4 members (excludes halogenated alkanes) is 9. The molecular weight excluding hydrogens is 484 g/mol. The molecule has 0 spiro atoms. The molecule has 5 heteroatoms. The van der Waals surface area contributed by atoms with Gasteiger partial charge in [0.15, 0.2) is 0 Å². The molecule has 1 heterocycles. The van der Waals surface area contributed by atoms with Gasteiger partial charge in [0.25, 0.3) is 0 Å². The van der Waals surface area contributed by atoms with Crippen LogP contribution >= 0.6 is 0 Å². The van der Waals surface area contributed by atoms with E-state index in [1.54, 1.807) is 12.1 Å². The molecule has 204 valence electrons. The van der Waals surface area contributed by atoms with Crippen LogP contribution in [0, 0.1) is 0 Å². The first-order chi connectivity index (χ1) is 19.2. The fourth-order valence-corrected chi connectivity index (χ4v) is 4.44. The van der Waals surface area contributed by atoms with Gasteiger partial charge in [0.1, 0.15) is 11.5 Å². The third-order valence-corrected chi connectivity index (χ3v) is 6.81. The Hall–Kier alpha value is -3.86. The standard InChI is InChI=1S/C34H40N2O3/c1-2-3-4-5-6-7-8-9-10-11-26-38-32-24-20-30(21-25-32)34-36-35-33(39-34)29-18-14-27(15-19-29)12-13-28-16-22-31(37)23-17-28/h12-25,37H,2-11,26H2,1H3/b13-12+. The van der Waals surface area contributed by atoms with E-state index in [1.807, 2.05) is 72.8 Å². The van der Waals surface area contributed by atoms with Gasteiger partial charge in [-0.1, -0.05) is 101 Å². The summed E-state index contributed by atoms with van der Waals surface area (Å²) >= 11 is 0. The SMILES string of the molecule is CCCCCCCCCCCCOc1ccc(-c2nnc(-c3ccc(/C=C/c4ccc(O)cc4)cc3)o2)cc1. The lowest BCUT2D eigenvalue weighted by Gasteiger charge is -2.06. The highest BCUT2D eigenvalue weighted by Gasteiger charge is 2.10. The number of rotatable bonds is 16. The maximum absolute atomic E-state index is 9.41. The van der Waals surface area contributed by atoms with E-state index in [9.17, 15) is 5.11 Å². The maximum Gasteiger partial charge on any atom is 0.248 e. The molecule has 1 N–H and O–H groups in total. The Morgan fingerprint density at radius 2 is 1.08 bits per heavy atom. The van der Waals surface area contributed by atoms with Crippen LogP contribution in [0.2, 0.25) is 0 Å². The predicted molar refractivity (Wildman–Crippen MR) is 160 cm³/mol. The van der Waals surface area contributed by atoms with Crippen molar-refractivity contribution in [3.63, 3.8) is 0 Å². The molecule has 0 amide bonds. The van der Waals surface area contributed by atoms with Crippen molar-refractivity contribution in [3.8, 4) is 34.4 Å². The number of ether oxygens (including phenoxy) is 1. The number of nitrogens with zero attached hydrogens (tertiary/aromatic N) is 2. The summed E-state index contributed by atoms with van der Waals surface area (Å²) in [4.78, 5) is 0. The molecule has 0 aliphatic carbocycles. The second-order valence-electron chi connectivity index (χ2n) is 10.0. The van der Waals surface area contributed by atoms with Gasteiger partial charge < -0.3 is 14.3 Å². The van der Waals surface area contributed by atoms with Crippen LogP contribution in [-0.4, -0.2) is 21.9 Å². The molecule has 1 aromatic heterocycles. The highest BCUT2D eigenvalue weighted by atomic mass is 16.5. The Morgan fingerprint density at radius 3 is 1.62 bits per heavy atom. The molecule has 0 aliphatic heterocycles. The van der Waals surface area contributed by atoms with Crippen molar-refractivity contribution >= 4 is 12.2 Å². The van der Waals surface area contributed by atoms with Gasteiger partial charge in [0.2, 0.25) is 11.8 Å². The van der Waals surface area contributed by atoms with E-state index in [-0.39, 0.29) is 5.75 Å². The second-order valence-corrected chi connectivity index (χ2v) is 10.0. The minimum atomic E-state index is 0.263. The Morgan fingerprint density at radius 1 is 0.615 bits per heavy atom. The van der Waals surface area contributed by atoms with Crippen molar-refractivity contribution < 1.29 is 14.3 Å². The molecule has 0 saturated carbocycles. The van der Waals surface area contributed by atoms with Crippen LogP contribution in [0.1, 0.15) is 82.3 Å². The lowest BCUT2D eigenvalue weighted by molar-refractivity contribution is 0.304. The molecule has 0 atom stereocenters. The van der Waals surface area contributed by atoms with Crippen LogP contribution in [0.15, 0.2) is 77.2 Å². The van der Waals surface area contributed by atoms with Gasteiger partial charge in [0.05, 0.1) is 6.61 Å². The van der Waals surface area contributed by atoms with Crippen LogP contribution < -0.4 is 4.74 Å². The summed E-state index contributed by atoms with van der Waals surface area (Å²) in [6.07, 6.45) is 17.2. The zero-order valence-electron chi connectivity index (χ0n) is 23.0. The number of hydrogen-bond acceptors (Lipinski definition) is 5. The van der Waals surface area contributed by atoms with Gasteiger partial charge in [-0.2, -0.15) is 0 Å². The van der Waals surface area contributed by atoms with E-state index >= 15 is 0 Å². The minimum Gasteiger partial charge on any atom is -0.508 e.